The Labute approximate surface area is 132 Å². The van der Waals surface area contributed by atoms with Gasteiger partial charge in [0.2, 0.25) is 0 Å². The Morgan fingerprint density at radius 3 is 1.90 bits per heavy atom. The first-order valence-corrected chi connectivity index (χ1v) is 12.3. The van der Waals surface area contributed by atoms with Crippen molar-refractivity contribution in [2.75, 3.05) is 0 Å². The van der Waals surface area contributed by atoms with Crippen molar-refractivity contribution in [3.63, 3.8) is 0 Å². The minimum atomic E-state index is -1.21. The van der Waals surface area contributed by atoms with E-state index in [0.29, 0.717) is 5.54 Å². The predicted octanol–water partition coefficient (Wildman–Crippen LogP) is 6.14. The molecule has 0 amide bonds. The van der Waals surface area contributed by atoms with Gasteiger partial charge in [-0.05, 0) is 64.6 Å². The molecule has 1 aromatic carbocycles. The number of aryl methyl sites for hydroxylation is 1. The van der Waals surface area contributed by atoms with Gasteiger partial charge in [0.15, 0.2) is 0 Å². The first-order chi connectivity index (χ1) is 9.88. The molecular weight excluding hydrogens is 268 g/mol. The summed E-state index contributed by atoms with van der Waals surface area (Å²) in [6.45, 7) is 16.8. The van der Waals surface area contributed by atoms with Gasteiger partial charge in [-0.3, -0.25) is 0 Å². The van der Waals surface area contributed by atoms with Crippen molar-refractivity contribution in [2.45, 2.75) is 78.6 Å². The first kappa shape index (κ1) is 16.5. The standard InChI is InChI=1S/C20H32Si/c1-8-14-12-18-19(21(5,6)7)13-15(9-2)20(18)17(11-4)16(14)10-3/h12-13,19H,8-11H2,1-7H3. The van der Waals surface area contributed by atoms with E-state index in [1.807, 2.05) is 0 Å². The van der Waals surface area contributed by atoms with Gasteiger partial charge in [-0.1, -0.05) is 59.5 Å². The van der Waals surface area contributed by atoms with E-state index in [1.165, 1.54) is 25.7 Å². The highest BCUT2D eigenvalue weighted by atomic mass is 28.3. The van der Waals surface area contributed by atoms with Crippen molar-refractivity contribution in [1.82, 2.24) is 0 Å². The quantitative estimate of drug-likeness (QED) is 0.573. The fraction of sp³-hybridized carbons (Fsp3) is 0.600. The highest BCUT2D eigenvalue weighted by molar-refractivity contribution is 6.78. The number of hydrogen-bond donors (Lipinski definition) is 0. The average molecular weight is 301 g/mol. The molecule has 0 N–H and O–H groups in total. The molecule has 1 heteroatoms. The third-order valence-corrected chi connectivity index (χ3v) is 7.44. The second-order valence-electron chi connectivity index (χ2n) is 7.41. The number of hydrogen-bond acceptors (Lipinski definition) is 0. The molecule has 1 atom stereocenters. The molecule has 116 valence electrons. The normalized spacial score (nSPS) is 17.9. The van der Waals surface area contributed by atoms with Crippen LogP contribution in [-0.2, 0) is 19.3 Å². The third kappa shape index (κ3) is 2.77. The van der Waals surface area contributed by atoms with Crippen LogP contribution in [-0.4, -0.2) is 8.07 Å². The van der Waals surface area contributed by atoms with Crippen LogP contribution >= 0.6 is 0 Å². The zero-order chi connectivity index (χ0) is 15.8. The van der Waals surface area contributed by atoms with Crippen molar-refractivity contribution in [1.29, 1.82) is 0 Å². The summed E-state index contributed by atoms with van der Waals surface area (Å²) in [7, 11) is -1.21. The molecule has 2 rings (SSSR count). The lowest BCUT2D eigenvalue weighted by atomic mass is 9.86. The zero-order valence-electron chi connectivity index (χ0n) is 15.1. The Kier molecular flexibility index (Phi) is 4.82. The maximum Gasteiger partial charge on any atom is 0.0566 e. The monoisotopic (exact) mass is 300 g/mol. The molecule has 0 nitrogen and oxygen atoms in total. The summed E-state index contributed by atoms with van der Waals surface area (Å²) >= 11 is 0. The second kappa shape index (κ2) is 6.12. The molecule has 0 saturated heterocycles. The molecule has 21 heavy (non-hydrogen) atoms. The third-order valence-electron chi connectivity index (χ3n) is 5.10. The summed E-state index contributed by atoms with van der Waals surface area (Å²) in [5.74, 6) is 0. The van der Waals surface area contributed by atoms with Crippen LogP contribution in [0.15, 0.2) is 12.1 Å². The van der Waals surface area contributed by atoms with Gasteiger partial charge in [0, 0.05) is 0 Å². The maximum atomic E-state index is 2.62. The fourth-order valence-corrected chi connectivity index (χ4v) is 5.88. The van der Waals surface area contributed by atoms with E-state index in [0.717, 1.165) is 0 Å². The van der Waals surface area contributed by atoms with Gasteiger partial charge in [0.25, 0.3) is 0 Å². The zero-order valence-corrected chi connectivity index (χ0v) is 16.1. The molecular formula is C20H32Si. The largest absolute Gasteiger partial charge is 0.0759 e. The average Bonchev–Trinajstić information content (AvgIpc) is 2.83. The second-order valence-corrected chi connectivity index (χ2v) is 12.8. The van der Waals surface area contributed by atoms with Gasteiger partial charge in [0.1, 0.15) is 0 Å². The number of rotatable bonds is 5. The van der Waals surface area contributed by atoms with Crippen LogP contribution in [0.3, 0.4) is 0 Å². The fourth-order valence-electron chi connectivity index (χ4n) is 4.02. The lowest BCUT2D eigenvalue weighted by Gasteiger charge is -2.27. The molecule has 1 aliphatic carbocycles. The molecule has 1 aromatic rings. The molecule has 0 heterocycles. The molecule has 1 unspecified atom stereocenters. The highest BCUT2D eigenvalue weighted by Crippen LogP contribution is 2.45. The van der Waals surface area contributed by atoms with Gasteiger partial charge in [-0.25, -0.2) is 0 Å². The van der Waals surface area contributed by atoms with Crippen LogP contribution in [0.1, 0.15) is 67.5 Å². The Morgan fingerprint density at radius 1 is 0.857 bits per heavy atom. The molecule has 0 saturated carbocycles. The van der Waals surface area contributed by atoms with E-state index in [1.54, 1.807) is 33.4 Å². The topological polar surface area (TPSA) is 0 Å². The Balaban J connectivity index is 2.76. The minimum absolute atomic E-state index is 0.712. The molecule has 0 fully saturated rings. The summed E-state index contributed by atoms with van der Waals surface area (Å²) in [6, 6.07) is 2.56. The number of allylic oxidation sites excluding steroid dienone is 2. The molecule has 1 aliphatic rings. The summed E-state index contributed by atoms with van der Waals surface area (Å²) in [5.41, 5.74) is 10.5. The van der Waals surface area contributed by atoms with Crippen molar-refractivity contribution in [2.24, 2.45) is 0 Å². The van der Waals surface area contributed by atoms with Gasteiger partial charge in [-0.15, -0.1) is 0 Å². The van der Waals surface area contributed by atoms with Crippen LogP contribution in [0, 0.1) is 0 Å². The molecule has 0 aliphatic heterocycles. The minimum Gasteiger partial charge on any atom is -0.0759 e. The first-order valence-electron chi connectivity index (χ1n) is 8.77. The van der Waals surface area contributed by atoms with Crippen LogP contribution < -0.4 is 0 Å². The number of benzene rings is 1. The van der Waals surface area contributed by atoms with Crippen molar-refractivity contribution < 1.29 is 0 Å². The Morgan fingerprint density at radius 2 is 1.48 bits per heavy atom. The van der Waals surface area contributed by atoms with Crippen LogP contribution in [0.25, 0.3) is 5.57 Å². The lowest BCUT2D eigenvalue weighted by Crippen LogP contribution is -2.29. The smallest absolute Gasteiger partial charge is 0.0566 e. The maximum absolute atomic E-state index is 2.62. The van der Waals surface area contributed by atoms with E-state index in [4.69, 9.17) is 0 Å². The molecule has 0 bridgehead atoms. The number of fused-ring (bicyclic) bond motifs is 1. The van der Waals surface area contributed by atoms with Crippen molar-refractivity contribution >= 4 is 13.6 Å². The van der Waals surface area contributed by atoms with Gasteiger partial charge < -0.3 is 0 Å². The van der Waals surface area contributed by atoms with Crippen LogP contribution in [0.5, 0.6) is 0 Å². The van der Waals surface area contributed by atoms with E-state index in [-0.39, 0.29) is 0 Å². The molecule has 0 spiro atoms. The van der Waals surface area contributed by atoms with Crippen LogP contribution in [0.4, 0.5) is 0 Å². The summed E-state index contributed by atoms with van der Waals surface area (Å²) in [4.78, 5) is 0. The highest BCUT2D eigenvalue weighted by Gasteiger charge is 2.35. The summed E-state index contributed by atoms with van der Waals surface area (Å²) in [5, 5.41) is 0. The van der Waals surface area contributed by atoms with Gasteiger partial charge in [0.05, 0.1) is 8.07 Å². The van der Waals surface area contributed by atoms with E-state index >= 15 is 0 Å². The summed E-state index contributed by atoms with van der Waals surface area (Å²) < 4.78 is 0. The predicted molar refractivity (Wildman–Crippen MR) is 98.9 cm³/mol. The van der Waals surface area contributed by atoms with E-state index in [2.05, 4.69) is 59.5 Å². The Hall–Kier alpha value is -0.823. The van der Waals surface area contributed by atoms with Crippen molar-refractivity contribution in [3.8, 4) is 0 Å². The molecule has 0 aromatic heterocycles. The summed E-state index contributed by atoms with van der Waals surface area (Å²) in [6.07, 6.45) is 7.32. The van der Waals surface area contributed by atoms with Gasteiger partial charge >= 0.3 is 0 Å². The van der Waals surface area contributed by atoms with E-state index < -0.39 is 8.07 Å². The van der Waals surface area contributed by atoms with Gasteiger partial charge in [-0.2, -0.15) is 0 Å². The molecule has 0 radical (unpaired) electrons. The Bertz CT molecular complexity index is 558. The van der Waals surface area contributed by atoms with E-state index in [9.17, 15) is 0 Å². The van der Waals surface area contributed by atoms with Crippen LogP contribution in [0.2, 0.25) is 19.6 Å². The van der Waals surface area contributed by atoms with Crippen molar-refractivity contribution in [3.05, 3.63) is 40.0 Å². The lowest BCUT2D eigenvalue weighted by molar-refractivity contribution is 0.961. The SMILES string of the molecule is CCC1=CC([Si](C)(C)C)c2cc(CC)c(CC)c(CC)c21.